The number of benzene rings is 2. The van der Waals surface area contributed by atoms with Crippen LogP contribution in [0.3, 0.4) is 0 Å². The molecule has 0 fully saturated rings. The Balaban J connectivity index is 0.00000121. The monoisotopic (exact) mass is 508 g/mol. The van der Waals surface area contributed by atoms with Gasteiger partial charge in [0.2, 0.25) is 6.41 Å². The standard InChI is InChI=1S/C25H20F3N5O.CH3NO/c1-14-4-9-19-20(11-15(2)30-21(19)10-14)24(34)31-22-16(3)33(32-23(22)25(26,27)28)13-18-7-5-17(12-29)6-8-18;2-1-3/h4-11H,13H2,1-3H3,(H,31,34);1H,(H2,2,3). The largest absolute Gasteiger partial charge is 0.437 e. The van der Waals surface area contributed by atoms with Gasteiger partial charge in [-0.15, -0.1) is 0 Å². The second kappa shape index (κ2) is 10.9. The van der Waals surface area contributed by atoms with Gasteiger partial charge in [-0.05, 0) is 56.2 Å². The van der Waals surface area contributed by atoms with Crippen LogP contribution in [-0.4, -0.2) is 27.1 Å². The predicted octanol–water partition coefficient (Wildman–Crippen LogP) is 4.65. The highest BCUT2D eigenvalue weighted by Gasteiger charge is 2.39. The summed E-state index contributed by atoms with van der Waals surface area (Å²) in [6.07, 6.45) is -4.52. The van der Waals surface area contributed by atoms with E-state index in [1.807, 2.05) is 25.1 Å². The molecule has 0 saturated heterocycles. The van der Waals surface area contributed by atoms with E-state index in [4.69, 9.17) is 10.1 Å². The number of carbonyl (C=O) groups excluding carboxylic acids is 2. The first-order chi connectivity index (χ1) is 17.5. The second-order valence-corrected chi connectivity index (χ2v) is 8.20. The van der Waals surface area contributed by atoms with E-state index in [1.54, 1.807) is 43.3 Å². The first kappa shape index (κ1) is 26.9. The first-order valence-corrected chi connectivity index (χ1v) is 11.0. The van der Waals surface area contributed by atoms with Gasteiger partial charge in [0.05, 0.1) is 40.6 Å². The molecule has 0 aliphatic carbocycles. The summed E-state index contributed by atoms with van der Waals surface area (Å²) in [7, 11) is 0. The van der Waals surface area contributed by atoms with Gasteiger partial charge >= 0.3 is 6.18 Å². The zero-order valence-corrected chi connectivity index (χ0v) is 20.2. The summed E-state index contributed by atoms with van der Waals surface area (Å²) in [6, 6.07) is 15.4. The van der Waals surface area contributed by atoms with Crippen LogP contribution in [0.2, 0.25) is 0 Å². The van der Waals surface area contributed by atoms with Crippen LogP contribution in [0, 0.1) is 32.1 Å². The lowest BCUT2D eigenvalue weighted by Gasteiger charge is -2.12. The minimum Gasteiger partial charge on any atom is -0.372 e. The van der Waals surface area contributed by atoms with Crippen LogP contribution in [-0.2, 0) is 17.5 Å². The Morgan fingerprint density at radius 1 is 1.14 bits per heavy atom. The Bertz CT molecular complexity index is 1500. The molecule has 4 aromatic rings. The molecule has 0 unspecified atom stereocenters. The number of nitriles is 1. The lowest BCUT2D eigenvalue weighted by molar-refractivity contribution is -0.140. The smallest absolute Gasteiger partial charge is 0.372 e. The summed E-state index contributed by atoms with van der Waals surface area (Å²) >= 11 is 0. The molecule has 3 N–H and O–H groups in total. The van der Waals surface area contributed by atoms with E-state index in [9.17, 15) is 18.0 Å². The minimum atomic E-state index is -4.77. The van der Waals surface area contributed by atoms with Gasteiger partial charge in [0.1, 0.15) is 0 Å². The number of primary amides is 1. The van der Waals surface area contributed by atoms with E-state index in [1.165, 1.54) is 11.6 Å². The molecule has 2 heterocycles. The van der Waals surface area contributed by atoms with Crippen molar-refractivity contribution in [2.24, 2.45) is 5.73 Å². The highest BCUT2D eigenvalue weighted by atomic mass is 19.4. The maximum absolute atomic E-state index is 13.8. The van der Waals surface area contributed by atoms with Crippen LogP contribution >= 0.6 is 0 Å². The number of nitrogens with zero attached hydrogens (tertiary/aromatic N) is 4. The van der Waals surface area contributed by atoms with Crippen molar-refractivity contribution in [2.45, 2.75) is 33.5 Å². The SMILES string of the molecule is Cc1ccc2c(C(=O)Nc3c(C(F)(F)F)nn(Cc4ccc(C#N)cc4)c3C)cc(C)nc2c1.NC=O. The third-order valence-corrected chi connectivity index (χ3v) is 5.47. The second-order valence-electron chi connectivity index (χ2n) is 8.20. The van der Waals surface area contributed by atoms with Crippen molar-refractivity contribution in [3.63, 3.8) is 0 Å². The number of pyridine rings is 1. The number of aryl methyl sites for hydroxylation is 2. The summed E-state index contributed by atoms with van der Waals surface area (Å²) in [5.41, 5.74) is 6.24. The number of hydrogen-bond acceptors (Lipinski definition) is 5. The minimum absolute atomic E-state index is 0.0487. The van der Waals surface area contributed by atoms with Crippen LogP contribution in [0.5, 0.6) is 0 Å². The van der Waals surface area contributed by atoms with Crippen molar-refractivity contribution in [1.29, 1.82) is 5.26 Å². The molecule has 190 valence electrons. The summed E-state index contributed by atoms with van der Waals surface area (Å²) in [5.74, 6) is -0.675. The maximum Gasteiger partial charge on any atom is 0.437 e. The molecule has 0 atom stereocenters. The average molecular weight is 509 g/mol. The van der Waals surface area contributed by atoms with Crippen molar-refractivity contribution in [3.05, 3.63) is 87.9 Å². The van der Waals surface area contributed by atoms with E-state index in [-0.39, 0.29) is 29.9 Å². The molecule has 0 aliphatic heterocycles. The number of nitrogens with one attached hydrogen (secondary N) is 1. The van der Waals surface area contributed by atoms with Gasteiger partial charge in [-0.2, -0.15) is 23.5 Å². The zero-order valence-electron chi connectivity index (χ0n) is 20.2. The molecule has 0 radical (unpaired) electrons. The quantitative estimate of drug-likeness (QED) is 0.388. The van der Waals surface area contributed by atoms with Crippen molar-refractivity contribution in [2.75, 3.05) is 5.32 Å². The number of amides is 2. The van der Waals surface area contributed by atoms with E-state index in [0.717, 1.165) is 5.56 Å². The Morgan fingerprint density at radius 3 is 2.38 bits per heavy atom. The van der Waals surface area contributed by atoms with E-state index < -0.39 is 17.8 Å². The molecule has 8 nitrogen and oxygen atoms in total. The number of carbonyl (C=O) groups is 2. The fourth-order valence-electron chi connectivity index (χ4n) is 3.75. The van der Waals surface area contributed by atoms with Gasteiger partial charge in [-0.1, -0.05) is 24.3 Å². The molecule has 0 aliphatic rings. The topological polar surface area (TPSA) is 127 Å². The summed E-state index contributed by atoms with van der Waals surface area (Å²) in [4.78, 5) is 26.2. The lowest BCUT2D eigenvalue weighted by atomic mass is 10.0. The number of alkyl halides is 3. The van der Waals surface area contributed by atoms with E-state index >= 15 is 0 Å². The van der Waals surface area contributed by atoms with Crippen LogP contribution in [0.25, 0.3) is 10.9 Å². The van der Waals surface area contributed by atoms with Crippen LogP contribution in [0.1, 0.15) is 44.1 Å². The fraction of sp³-hybridized carbons (Fsp3) is 0.192. The average Bonchev–Trinajstić information content (AvgIpc) is 3.14. The van der Waals surface area contributed by atoms with E-state index in [0.29, 0.717) is 27.7 Å². The van der Waals surface area contributed by atoms with Crippen LogP contribution in [0.4, 0.5) is 18.9 Å². The fourth-order valence-corrected chi connectivity index (χ4v) is 3.75. The number of nitrogens with two attached hydrogens (primary N) is 1. The van der Waals surface area contributed by atoms with Gasteiger partial charge in [-0.25, -0.2) is 0 Å². The van der Waals surface area contributed by atoms with Crippen molar-refractivity contribution in [1.82, 2.24) is 14.8 Å². The number of rotatable bonds is 4. The Morgan fingerprint density at radius 2 is 1.78 bits per heavy atom. The van der Waals surface area contributed by atoms with Crippen LogP contribution in [0.15, 0.2) is 48.5 Å². The van der Waals surface area contributed by atoms with Gasteiger partial charge in [0.15, 0.2) is 5.69 Å². The van der Waals surface area contributed by atoms with Gasteiger partial charge in [0, 0.05) is 11.1 Å². The molecule has 0 bridgehead atoms. The van der Waals surface area contributed by atoms with Crippen LogP contribution < -0.4 is 11.1 Å². The maximum atomic E-state index is 13.8. The highest BCUT2D eigenvalue weighted by Crippen LogP contribution is 2.36. The van der Waals surface area contributed by atoms with Crippen molar-refractivity contribution < 1.29 is 22.8 Å². The Kier molecular flexibility index (Phi) is 7.92. The predicted molar refractivity (Wildman–Crippen MR) is 132 cm³/mol. The number of fused-ring (bicyclic) bond motifs is 1. The normalized spacial score (nSPS) is 10.8. The molecule has 4 rings (SSSR count). The molecule has 2 amide bonds. The van der Waals surface area contributed by atoms with Crippen molar-refractivity contribution >= 4 is 28.9 Å². The van der Waals surface area contributed by atoms with Gasteiger partial charge in [0.25, 0.3) is 5.91 Å². The van der Waals surface area contributed by atoms with Gasteiger partial charge < -0.3 is 11.1 Å². The third kappa shape index (κ3) is 6.10. The third-order valence-electron chi connectivity index (χ3n) is 5.47. The number of hydrogen-bond donors (Lipinski definition) is 2. The Hall–Kier alpha value is -4.72. The van der Waals surface area contributed by atoms with Crippen molar-refractivity contribution in [3.8, 4) is 6.07 Å². The highest BCUT2D eigenvalue weighted by molar-refractivity contribution is 6.12. The molecule has 37 heavy (non-hydrogen) atoms. The van der Waals surface area contributed by atoms with Gasteiger partial charge in [-0.3, -0.25) is 19.3 Å². The molecular formula is C26H23F3N6O2. The molecule has 2 aromatic heterocycles. The molecule has 0 spiro atoms. The number of anilines is 1. The summed E-state index contributed by atoms with van der Waals surface area (Å²) in [5, 5.41) is 15.7. The first-order valence-electron chi connectivity index (χ1n) is 11.0. The molecule has 11 heteroatoms. The zero-order chi connectivity index (χ0) is 27.3. The summed E-state index contributed by atoms with van der Waals surface area (Å²) < 4.78 is 42.7. The van der Waals surface area contributed by atoms with E-state index in [2.05, 4.69) is 21.1 Å². The molecular weight excluding hydrogens is 485 g/mol. The number of halogens is 3. The summed E-state index contributed by atoms with van der Waals surface area (Å²) in [6.45, 7) is 5.14. The number of aromatic nitrogens is 3. The molecule has 0 saturated carbocycles. The molecule has 2 aromatic carbocycles. The lowest BCUT2D eigenvalue weighted by Crippen LogP contribution is -2.17. The Labute approximate surface area is 210 Å².